The first-order valence-electron chi connectivity index (χ1n) is 6.94. The monoisotopic (exact) mass is 292 g/mol. The van der Waals surface area contributed by atoms with Crippen LogP contribution >= 0.6 is 0 Å². The fourth-order valence-corrected chi connectivity index (χ4v) is 2.27. The number of carboxylic acids is 1. The number of carbonyl (C=O) groups excluding carboxylic acids is 1. The lowest BCUT2D eigenvalue weighted by Gasteiger charge is -2.17. The normalized spacial score (nSPS) is 15.1. The first-order chi connectivity index (χ1) is 10.1. The third-order valence-corrected chi connectivity index (χ3v) is 3.75. The van der Waals surface area contributed by atoms with E-state index in [1.165, 1.54) is 0 Å². The quantitative estimate of drug-likeness (QED) is 0.710. The van der Waals surface area contributed by atoms with Crippen molar-refractivity contribution in [3.05, 3.63) is 29.8 Å². The number of urea groups is 1. The second kappa shape index (κ2) is 6.47. The molecular weight excluding hydrogens is 272 g/mol. The van der Waals surface area contributed by atoms with Gasteiger partial charge < -0.3 is 20.5 Å². The average molecular weight is 292 g/mol. The molecule has 3 N–H and O–H groups in total. The number of ether oxygens (including phenoxy) is 1. The van der Waals surface area contributed by atoms with Crippen LogP contribution in [0.1, 0.15) is 24.8 Å². The molecule has 6 nitrogen and oxygen atoms in total. The minimum absolute atomic E-state index is 0.0152. The lowest BCUT2D eigenvalue weighted by molar-refractivity contribution is -0.136. The van der Waals surface area contributed by atoms with Crippen molar-refractivity contribution in [3.8, 4) is 5.75 Å². The smallest absolute Gasteiger partial charge is 0.314 e. The number of benzene rings is 1. The highest BCUT2D eigenvalue weighted by atomic mass is 16.5. The molecule has 2 amide bonds. The Kier molecular flexibility index (Phi) is 4.67. The molecule has 0 aliphatic heterocycles. The predicted molar refractivity (Wildman–Crippen MR) is 77.6 cm³/mol. The number of hydrogen-bond acceptors (Lipinski definition) is 3. The maximum Gasteiger partial charge on any atom is 0.314 e. The Bertz CT molecular complexity index is 526. The summed E-state index contributed by atoms with van der Waals surface area (Å²) in [5.41, 5.74) is 1.14. The van der Waals surface area contributed by atoms with Gasteiger partial charge in [-0.1, -0.05) is 12.1 Å². The predicted octanol–water partition coefficient (Wildman–Crippen LogP) is 1.50. The van der Waals surface area contributed by atoms with Crippen LogP contribution in [0.25, 0.3) is 0 Å². The van der Waals surface area contributed by atoms with Gasteiger partial charge in [0.05, 0.1) is 13.5 Å². The van der Waals surface area contributed by atoms with Crippen LogP contribution < -0.4 is 15.4 Å². The summed E-state index contributed by atoms with van der Waals surface area (Å²) in [7, 11) is 1.63. The summed E-state index contributed by atoms with van der Waals surface area (Å²) >= 11 is 0. The molecule has 0 bridgehead atoms. The second-order valence-electron chi connectivity index (χ2n) is 5.27. The molecule has 21 heavy (non-hydrogen) atoms. The SMILES string of the molecule is COc1cccc(C2(CNC(=O)NCCC(=O)O)CC2)c1. The van der Waals surface area contributed by atoms with E-state index in [-0.39, 0.29) is 24.4 Å². The van der Waals surface area contributed by atoms with Gasteiger partial charge in [-0.2, -0.15) is 0 Å². The molecule has 1 fully saturated rings. The van der Waals surface area contributed by atoms with Crippen LogP contribution in [0.5, 0.6) is 5.75 Å². The molecule has 2 rings (SSSR count). The number of aliphatic carboxylic acids is 1. The molecule has 6 heteroatoms. The lowest BCUT2D eigenvalue weighted by Crippen LogP contribution is -2.40. The second-order valence-corrected chi connectivity index (χ2v) is 5.27. The molecule has 114 valence electrons. The van der Waals surface area contributed by atoms with Crippen LogP contribution in [0.4, 0.5) is 4.79 Å². The third-order valence-electron chi connectivity index (χ3n) is 3.75. The van der Waals surface area contributed by atoms with E-state index in [2.05, 4.69) is 10.6 Å². The van der Waals surface area contributed by atoms with Crippen molar-refractivity contribution in [2.24, 2.45) is 0 Å². The molecular formula is C15H20N2O4. The zero-order valence-electron chi connectivity index (χ0n) is 12.0. The highest BCUT2D eigenvalue weighted by Crippen LogP contribution is 2.48. The maximum absolute atomic E-state index is 11.6. The molecule has 0 saturated heterocycles. The Hall–Kier alpha value is -2.24. The summed E-state index contributed by atoms with van der Waals surface area (Å²) in [4.78, 5) is 22.0. The van der Waals surface area contributed by atoms with Crippen molar-refractivity contribution in [3.63, 3.8) is 0 Å². The van der Waals surface area contributed by atoms with Crippen LogP contribution in [0.3, 0.4) is 0 Å². The highest BCUT2D eigenvalue weighted by Gasteiger charge is 2.44. The minimum Gasteiger partial charge on any atom is -0.497 e. The van der Waals surface area contributed by atoms with Crippen molar-refractivity contribution < 1.29 is 19.4 Å². The third kappa shape index (κ3) is 4.11. The molecule has 1 aliphatic rings. The van der Waals surface area contributed by atoms with E-state index >= 15 is 0 Å². The molecule has 0 radical (unpaired) electrons. The molecule has 1 aromatic rings. The summed E-state index contributed by atoms with van der Waals surface area (Å²) in [6, 6.07) is 7.55. The Balaban J connectivity index is 1.84. The van der Waals surface area contributed by atoms with E-state index in [9.17, 15) is 9.59 Å². The number of hydrogen-bond donors (Lipinski definition) is 3. The summed E-state index contributed by atoms with van der Waals surface area (Å²) in [6.45, 7) is 0.673. The van der Waals surface area contributed by atoms with E-state index in [4.69, 9.17) is 9.84 Å². The van der Waals surface area contributed by atoms with Crippen molar-refractivity contribution in [1.29, 1.82) is 0 Å². The van der Waals surface area contributed by atoms with Crippen LogP contribution in [0.15, 0.2) is 24.3 Å². The minimum atomic E-state index is -0.926. The number of methoxy groups -OCH3 is 1. The maximum atomic E-state index is 11.6. The molecule has 0 heterocycles. The molecule has 0 aromatic heterocycles. The molecule has 0 spiro atoms. The van der Waals surface area contributed by atoms with Crippen LogP contribution in [-0.2, 0) is 10.2 Å². The van der Waals surface area contributed by atoms with Gasteiger partial charge in [0, 0.05) is 18.5 Å². The van der Waals surface area contributed by atoms with Crippen molar-refractivity contribution >= 4 is 12.0 Å². The number of amides is 2. The summed E-state index contributed by atoms with van der Waals surface area (Å²) in [5.74, 6) is -0.116. The lowest BCUT2D eigenvalue weighted by atomic mass is 9.96. The fraction of sp³-hybridized carbons (Fsp3) is 0.467. The van der Waals surface area contributed by atoms with Gasteiger partial charge in [-0.05, 0) is 30.5 Å². The zero-order chi connectivity index (χ0) is 15.3. The Labute approximate surface area is 123 Å². The topological polar surface area (TPSA) is 87.7 Å². The molecule has 1 saturated carbocycles. The van der Waals surface area contributed by atoms with Gasteiger partial charge in [-0.25, -0.2) is 4.79 Å². The fourth-order valence-electron chi connectivity index (χ4n) is 2.27. The first kappa shape index (κ1) is 15.2. The highest BCUT2D eigenvalue weighted by molar-refractivity contribution is 5.75. The van der Waals surface area contributed by atoms with Gasteiger partial charge in [0.15, 0.2) is 0 Å². The molecule has 1 aliphatic carbocycles. The molecule has 0 unspecified atom stereocenters. The Morgan fingerprint density at radius 3 is 2.71 bits per heavy atom. The Morgan fingerprint density at radius 2 is 2.10 bits per heavy atom. The van der Waals surface area contributed by atoms with Gasteiger partial charge in [-0.3, -0.25) is 4.79 Å². The van der Waals surface area contributed by atoms with Crippen LogP contribution in [0, 0.1) is 0 Å². The number of rotatable bonds is 7. The number of carbonyl (C=O) groups is 2. The standard InChI is InChI=1S/C15H20N2O4/c1-21-12-4-2-3-11(9-12)15(6-7-15)10-17-14(20)16-8-5-13(18)19/h2-4,9H,5-8,10H2,1H3,(H,18,19)(H2,16,17,20). The van der Waals surface area contributed by atoms with Crippen molar-refractivity contribution in [1.82, 2.24) is 10.6 Å². The summed E-state index contributed by atoms with van der Waals surface area (Å²) in [5, 5.41) is 13.9. The molecule has 0 atom stereocenters. The van der Waals surface area contributed by atoms with E-state index < -0.39 is 5.97 Å². The van der Waals surface area contributed by atoms with E-state index in [0.717, 1.165) is 24.2 Å². The van der Waals surface area contributed by atoms with Crippen molar-refractivity contribution in [2.45, 2.75) is 24.7 Å². The van der Waals surface area contributed by atoms with Crippen molar-refractivity contribution in [2.75, 3.05) is 20.2 Å². The van der Waals surface area contributed by atoms with Gasteiger partial charge in [0.25, 0.3) is 0 Å². The van der Waals surface area contributed by atoms with E-state index in [1.807, 2.05) is 24.3 Å². The largest absolute Gasteiger partial charge is 0.497 e. The summed E-state index contributed by atoms with van der Waals surface area (Å²) in [6.07, 6.45) is 1.97. The average Bonchev–Trinajstić information content (AvgIpc) is 3.26. The summed E-state index contributed by atoms with van der Waals surface area (Å²) < 4.78 is 5.22. The van der Waals surface area contributed by atoms with Gasteiger partial charge in [-0.15, -0.1) is 0 Å². The Morgan fingerprint density at radius 1 is 1.33 bits per heavy atom. The van der Waals surface area contributed by atoms with Crippen LogP contribution in [-0.4, -0.2) is 37.3 Å². The van der Waals surface area contributed by atoms with Gasteiger partial charge in [0.1, 0.15) is 5.75 Å². The molecule has 1 aromatic carbocycles. The number of carboxylic acid groups (broad SMARTS) is 1. The number of nitrogens with one attached hydrogen (secondary N) is 2. The first-order valence-corrected chi connectivity index (χ1v) is 6.94. The van der Waals surface area contributed by atoms with Gasteiger partial charge >= 0.3 is 12.0 Å². The van der Waals surface area contributed by atoms with E-state index in [1.54, 1.807) is 7.11 Å². The van der Waals surface area contributed by atoms with E-state index in [0.29, 0.717) is 6.54 Å². The van der Waals surface area contributed by atoms with Crippen LogP contribution in [0.2, 0.25) is 0 Å². The van der Waals surface area contributed by atoms with Gasteiger partial charge in [0.2, 0.25) is 0 Å². The zero-order valence-corrected chi connectivity index (χ0v) is 12.0.